The van der Waals surface area contributed by atoms with Crippen molar-refractivity contribution in [1.82, 2.24) is 20.6 Å². The molecule has 0 fully saturated rings. The van der Waals surface area contributed by atoms with Crippen molar-refractivity contribution < 1.29 is 14.3 Å². The Bertz CT molecular complexity index is 678. The van der Waals surface area contributed by atoms with E-state index in [0.29, 0.717) is 11.4 Å². The van der Waals surface area contributed by atoms with Crippen LogP contribution < -0.4 is 20.7 Å². The minimum atomic E-state index is -0.642. The normalized spacial score (nSPS) is 11.2. The summed E-state index contributed by atoms with van der Waals surface area (Å²) in [6.07, 6.45) is 3.14. The molecule has 2 rings (SSSR count). The van der Waals surface area contributed by atoms with Crippen LogP contribution in [-0.2, 0) is 4.79 Å². The number of nitrogens with zero attached hydrogens (tertiary/aromatic N) is 2. The molecule has 3 N–H and O–H groups in total. The van der Waals surface area contributed by atoms with Gasteiger partial charge in [-0.2, -0.15) is 0 Å². The van der Waals surface area contributed by atoms with E-state index < -0.39 is 12.1 Å². The summed E-state index contributed by atoms with van der Waals surface area (Å²) in [6, 6.07) is 7.52. The third-order valence-corrected chi connectivity index (χ3v) is 2.83. The van der Waals surface area contributed by atoms with Gasteiger partial charge in [-0.05, 0) is 25.1 Å². The Morgan fingerprint density at radius 1 is 1.17 bits per heavy atom. The van der Waals surface area contributed by atoms with E-state index in [1.807, 2.05) is 0 Å². The molecule has 0 saturated carbocycles. The van der Waals surface area contributed by atoms with Crippen molar-refractivity contribution in [2.75, 3.05) is 12.4 Å². The summed E-state index contributed by atoms with van der Waals surface area (Å²) in [5.41, 5.74) is 0.514. The molecular formula is C15H17N5O3. The molecule has 0 bridgehead atoms. The second-order valence-electron chi connectivity index (χ2n) is 4.60. The maximum atomic E-state index is 11.8. The first kappa shape index (κ1) is 16.2. The first-order chi connectivity index (χ1) is 11.1. The predicted molar refractivity (Wildman–Crippen MR) is 84.2 cm³/mol. The van der Waals surface area contributed by atoms with Gasteiger partial charge in [0, 0.05) is 31.2 Å². The Kier molecular flexibility index (Phi) is 5.45. The molecule has 8 nitrogen and oxygen atoms in total. The van der Waals surface area contributed by atoms with Crippen LogP contribution in [0.15, 0.2) is 42.7 Å². The fourth-order valence-electron chi connectivity index (χ4n) is 1.73. The molecule has 0 saturated heterocycles. The van der Waals surface area contributed by atoms with E-state index >= 15 is 0 Å². The van der Waals surface area contributed by atoms with Gasteiger partial charge in [0.25, 0.3) is 0 Å². The monoisotopic (exact) mass is 315 g/mol. The number of urea groups is 1. The smallest absolute Gasteiger partial charge is 0.321 e. The third kappa shape index (κ3) is 4.95. The highest BCUT2D eigenvalue weighted by Crippen LogP contribution is 2.21. The Hall–Kier alpha value is -3.16. The molecule has 1 unspecified atom stereocenters. The average molecular weight is 315 g/mol. The largest absolute Gasteiger partial charge is 0.424 e. The van der Waals surface area contributed by atoms with Gasteiger partial charge in [0.05, 0.1) is 0 Å². The van der Waals surface area contributed by atoms with Gasteiger partial charge in [0.2, 0.25) is 5.91 Å². The molecule has 1 aromatic heterocycles. The number of amides is 3. The minimum absolute atomic E-state index is 0.211. The summed E-state index contributed by atoms with van der Waals surface area (Å²) in [6.45, 7) is 1.59. The number of likely N-dealkylation sites (N-methyl/N-ethyl adjacent to an activating group) is 1. The van der Waals surface area contributed by atoms with Gasteiger partial charge in [-0.15, -0.1) is 0 Å². The summed E-state index contributed by atoms with van der Waals surface area (Å²) in [5.74, 6) is 0.201. The van der Waals surface area contributed by atoms with Gasteiger partial charge >= 0.3 is 12.0 Å². The standard InChI is InChI=1S/C15H17N5O3/c1-10(13(21)16-2)19-14(22)20-11-5-3-6-12(9-11)23-15-17-7-4-8-18-15/h3-10H,1-2H3,(H,16,21)(H2,19,20,22). The molecule has 0 spiro atoms. The summed E-state index contributed by atoms with van der Waals surface area (Å²) >= 11 is 0. The van der Waals surface area contributed by atoms with E-state index in [-0.39, 0.29) is 11.9 Å². The molecule has 3 amide bonds. The van der Waals surface area contributed by atoms with Crippen LogP contribution in [-0.4, -0.2) is 35.0 Å². The van der Waals surface area contributed by atoms with Gasteiger partial charge in [-0.1, -0.05) is 6.07 Å². The Balaban J connectivity index is 1.97. The SMILES string of the molecule is CNC(=O)C(C)NC(=O)Nc1cccc(Oc2ncccn2)c1. The van der Waals surface area contributed by atoms with E-state index in [2.05, 4.69) is 25.9 Å². The van der Waals surface area contributed by atoms with Crippen molar-refractivity contribution in [3.8, 4) is 11.8 Å². The van der Waals surface area contributed by atoms with Crippen molar-refractivity contribution >= 4 is 17.6 Å². The van der Waals surface area contributed by atoms with E-state index in [1.54, 1.807) is 49.6 Å². The van der Waals surface area contributed by atoms with Crippen LogP contribution in [0, 0.1) is 0 Å². The van der Waals surface area contributed by atoms with E-state index in [9.17, 15) is 9.59 Å². The molecule has 0 radical (unpaired) electrons. The third-order valence-electron chi connectivity index (χ3n) is 2.83. The molecule has 2 aromatic rings. The lowest BCUT2D eigenvalue weighted by atomic mass is 10.3. The predicted octanol–water partition coefficient (Wildman–Crippen LogP) is 1.52. The Labute approximate surface area is 133 Å². The van der Waals surface area contributed by atoms with Crippen LogP contribution >= 0.6 is 0 Å². The second kappa shape index (κ2) is 7.74. The summed E-state index contributed by atoms with van der Waals surface area (Å²) in [7, 11) is 1.50. The molecule has 0 aliphatic rings. The number of anilines is 1. The van der Waals surface area contributed by atoms with Gasteiger partial charge in [0.15, 0.2) is 0 Å². The number of nitrogens with one attached hydrogen (secondary N) is 3. The number of rotatable bonds is 5. The van der Waals surface area contributed by atoms with Crippen LogP contribution in [0.25, 0.3) is 0 Å². The van der Waals surface area contributed by atoms with Crippen LogP contribution in [0.1, 0.15) is 6.92 Å². The highest BCUT2D eigenvalue weighted by Gasteiger charge is 2.13. The van der Waals surface area contributed by atoms with Crippen molar-refractivity contribution in [1.29, 1.82) is 0 Å². The van der Waals surface area contributed by atoms with Crippen molar-refractivity contribution in [2.45, 2.75) is 13.0 Å². The lowest BCUT2D eigenvalue weighted by molar-refractivity contribution is -0.122. The maximum Gasteiger partial charge on any atom is 0.321 e. The van der Waals surface area contributed by atoms with Crippen LogP contribution in [0.2, 0.25) is 0 Å². The minimum Gasteiger partial charge on any atom is -0.424 e. The molecule has 0 aliphatic heterocycles. The first-order valence-electron chi connectivity index (χ1n) is 6.92. The van der Waals surface area contributed by atoms with Crippen molar-refractivity contribution in [3.05, 3.63) is 42.7 Å². The average Bonchev–Trinajstić information content (AvgIpc) is 2.55. The summed E-state index contributed by atoms with van der Waals surface area (Å²) < 4.78 is 5.48. The van der Waals surface area contributed by atoms with Crippen LogP contribution in [0.4, 0.5) is 10.5 Å². The number of hydrogen-bond acceptors (Lipinski definition) is 5. The van der Waals surface area contributed by atoms with E-state index in [1.165, 1.54) is 7.05 Å². The quantitative estimate of drug-likeness (QED) is 0.776. The number of carbonyl (C=O) groups excluding carboxylic acids is 2. The van der Waals surface area contributed by atoms with Crippen molar-refractivity contribution in [3.63, 3.8) is 0 Å². The van der Waals surface area contributed by atoms with Gasteiger partial charge in [0.1, 0.15) is 11.8 Å². The zero-order chi connectivity index (χ0) is 16.7. The number of ether oxygens (including phenoxy) is 1. The topological polar surface area (TPSA) is 105 Å². The summed E-state index contributed by atoms with van der Waals surface area (Å²) in [5, 5.41) is 7.60. The highest BCUT2D eigenvalue weighted by molar-refractivity contribution is 5.93. The van der Waals surface area contributed by atoms with Gasteiger partial charge in [-0.3, -0.25) is 4.79 Å². The second-order valence-corrected chi connectivity index (χ2v) is 4.60. The zero-order valence-corrected chi connectivity index (χ0v) is 12.7. The van der Waals surface area contributed by atoms with Gasteiger partial charge in [-0.25, -0.2) is 14.8 Å². The Morgan fingerprint density at radius 2 is 1.91 bits per heavy atom. The molecule has 120 valence electrons. The lowest BCUT2D eigenvalue weighted by Crippen LogP contribution is -2.45. The molecule has 8 heteroatoms. The molecule has 1 atom stereocenters. The van der Waals surface area contributed by atoms with Gasteiger partial charge < -0.3 is 20.7 Å². The molecule has 23 heavy (non-hydrogen) atoms. The number of aromatic nitrogens is 2. The molecule has 1 heterocycles. The highest BCUT2D eigenvalue weighted by atomic mass is 16.5. The molecule has 1 aromatic carbocycles. The number of carbonyl (C=O) groups is 2. The first-order valence-corrected chi connectivity index (χ1v) is 6.92. The Morgan fingerprint density at radius 3 is 2.61 bits per heavy atom. The fourth-order valence-corrected chi connectivity index (χ4v) is 1.73. The fraction of sp³-hybridized carbons (Fsp3) is 0.200. The van der Waals surface area contributed by atoms with Crippen LogP contribution in [0.5, 0.6) is 11.8 Å². The van der Waals surface area contributed by atoms with Crippen molar-refractivity contribution in [2.24, 2.45) is 0 Å². The van der Waals surface area contributed by atoms with Crippen LogP contribution in [0.3, 0.4) is 0 Å². The number of benzene rings is 1. The molecule has 0 aliphatic carbocycles. The number of hydrogen-bond donors (Lipinski definition) is 3. The lowest BCUT2D eigenvalue weighted by Gasteiger charge is -2.13. The molecular weight excluding hydrogens is 298 g/mol. The summed E-state index contributed by atoms with van der Waals surface area (Å²) in [4.78, 5) is 31.1. The van der Waals surface area contributed by atoms with E-state index in [0.717, 1.165) is 0 Å². The van der Waals surface area contributed by atoms with E-state index in [4.69, 9.17) is 4.74 Å². The maximum absolute atomic E-state index is 11.8. The zero-order valence-electron chi connectivity index (χ0n) is 12.7.